The van der Waals surface area contributed by atoms with Crippen molar-refractivity contribution in [3.05, 3.63) is 23.9 Å². The zero-order valence-electron chi connectivity index (χ0n) is 33.4. The highest BCUT2D eigenvalue weighted by Crippen LogP contribution is 2.51. The predicted octanol–water partition coefficient (Wildman–Crippen LogP) is 4.31. The summed E-state index contributed by atoms with van der Waals surface area (Å²) in [7, 11) is -2.86. The van der Waals surface area contributed by atoms with Crippen molar-refractivity contribution in [3.63, 3.8) is 0 Å². The number of amides is 4. The number of fused-ring (bicyclic) bond motifs is 5. The third-order valence-corrected chi connectivity index (χ3v) is 14.7. The zero-order valence-corrected chi connectivity index (χ0v) is 34.2. The van der Waals surface area contributed by atoms with Crippen molar-refractivity contribution in [3.8, 4) is 11.6 Å². The van der Waals surface area contributed by atoms with Crippen LogP contribution in [0.2, 0.25) is 0 Å². The first-order valence-corrected chi connectivity index (χ1v) is 21.3. The normalized spacial score (nSPS) is 32.3. The lowest BCUT2D eigenvalue weighted by atomic mass is 9.85. The van der Waals surface area contributed by atoms with Crippen molar-refractivity contribution in [1.82, 2.24) is 30.2 Å². The predicted molar refractivity (Wildman–Crippen MR) is 202 cm³/mol. The average Bonchev–Trinajstić information content (AvgIpc) is 4.09. The van der Waals surface area contributed by atoms with E-state index in [1.807, 2.05) is 4.72 Å². The quantitative estimate of drug-likeness (QED) is 0.337. The summed E-state index contributed by atoms with van der Waals surface area (Å²) in [6.07, 6.45) is -1.76. The van der Waals surface area contributed by atoms with Crippen LogP contribution in [-0.4, -0.2) is 102 Å². The van der Waals surface area contributed by atoms with Crippen LogP contribution in [0.15, 0.2) is 18.2 Å². The second kappa shape index (κ2) is 14.7. The van der Waals surface area contributed by atoms with Gasteiger partial charge in [0.05, 0.1) is 41.3 Å². The third-order valence-electron chi connectivity index (χ3n) is 12.5. The Morgan fingerprint density at radius 2 is 1.78 bits per heavy atom. The minimum atomic E-state index is -4.35. The highest BCUT2D eigenvalue weighted by Gasteiger charge is 2.70. The molecule has 4 amide bonds. The Hall–Kier alpha value is -4.42. The lowest BCUT2D eigenvalue weighted by molar-refractivity contribution is -0.164. The van der Waals surface area contributed by atoms with Crippen molar-refractivity contribution in [1.29, 1.82) is 0 Å². The second-order valence-electron chi connectivity index (χ2n) is 17.8. The molecule has 1 aromatic carbocycles. The number of carbonyl (C=O) groups excluding carboxylic acids is 4. The number of hydrogen-bond acceptors (Lipinski definition) is 11. The van der Waals surface area contributed by atoms with Crippen LogP contribution in [0, 0.1) is 23.2 Å². The van der Waals surface area contributed by atoms with Gasteiger partial charge in [0.2, 0.25) is 28.2 Å². The van der Waals surface area contributed by atoms with Gasteiger partial charge >= 0.3 is 6.09 Å². The van der Waals surface area contributed by atoms with Crippen molar-refractivity contribution in [2.24, 2.45) is 23.2 Å². The lowest BCUT2D eigenvalue weighted by Crippen LogP contribution is -2.65. The van der Waals surface area contributed by atoms with Crippen molar-refractivity contribution in [2.75, 3.05) is 13.7 Å². The van der Waals surface area contributed by atoms with E-state index >= 15 is 4.39 Å². The van der Waals surface area contributed by atoms with E-state index in [1.165, 1.54) is 21.0 Å². The second-order valence-corrected chi connectivity index (χ2v) is 20.0. The van der Waals surface area contributed by atoms with Crippen LogP contribution < -0.4 is 24.8 Å². The molecule has 2 aromatic rings. The van der Waals surface area contributed by atoms with Gasteiger partial charge in [-0.1, -0.05) is 40.5 Å². The number of nitrogens with one attached hydrogen (secondary N) is 3. The first kappa shape index (κ1) is 41.7. The van der Waals surface area contributed by atoms with Gasteiger partial charge in [0.15, 0.2) is 0 Å². The summed E-state index contributed by atoms with van der Waals surface area (Å²) in [6.45, 7) is 6.97. The lowest BCUT2D eigenvalue weighted by Gasteiger charge is -2.38. The summed E-state index contributed by atoms with van der Waals surface area (Å²) in [4.78, 5) is 66.1. The van der Waals surface area contributed by atoms with E-state index in [4.69, 9.17) is 24.2 Å². The maximum atomic E-state index is 18.3. The Labute approximate surface area is 334 Å². The number of rotatable bonds is 7. The number of nitrogens with zero attached hydrogens (tertiary/aromatic N) is 3. The number of hydrogen-bond donors (Lipinski definition) is 3. The fourth-order valence-corrected chi connectivity index (χ4v) is 9.34. The van der Waals surface area contributed by atoms with Crippen molar-refractivity contribution >= 4 is 44.9 Å². The van der Waals surface area contributed by atoms with Crippen LogP contribution in [0.5, 0.6) is 11.6 Å². The number of ether oxygens (including phenoxy) is 3. The monoisotopic (exact) mass is 836 g/mol. The Morgan fingerprint density at radius 3 is 2.41 bits per heavy atom. The number of alkyl carbamates (subject to hydrolysis) is 1. The molecule has 8 atom stereocenters. The summed E-state index contributed by atoms with van der Waals surface area (Å²) >= 11 is 0. The molecule has 19 heteroatoms. The molecule has 2 aliphatic heterocycles. The smallest absolute Gasteiger partial charge is 0.408 e. The molecule has 0 radical (unpaired) electrons. The molecule has 0 spiro atoms. The molecule has 1 aromatic heterocycles. The van der Waals surface area contributed by atoms with E-state index in [2.05, 4.69) is 10.6 Å². The Bertz CT molecular complexity index is 2120. The molecule has 4 fully saturated rings. The van der Waals surface area contributed by atoms with E-state index in [0.29, 0.717) is 46.6 Å². The van der Waals surface area contributed by atoms with E-state index < -0.39 is 98.7 Å². The summed E-state index contributed by atoms with van der Waals surface area (Å²) in [5.41, 5.74) is -2.20. The van der Waals surface area contributed by atoms with Gasteiger partial charge in [-0.2, -0.15) is 0 Å². The Kier molecular flexibility index (Phi) is 10.6. The maximum absolute atomic E-state index is 18.3. The van der Waals surface area contributed by atoms with E-state index in [1.54, 1.807) is 39.0 Å². The molecular formula is C39H51F3N6O9S. The number of benzene rings is 1. The van der Waals surface area contributed by atoms with E-state index in [9.17, 15) is 36.4 Å². The highest BCUT2D eigenvalue weighted by atomic mass is 32.2. The van der Waals surface area contributed by atoms with E-state index in [0.717, 1.165) is 19.3 Å². The molecule has 3 aliphatic carbocycles. The average molecular weight is 837 g/mol. The molecule has 3 N–H and O–H groups in total. The minimum Gasteiger partial charge on any atom is -0.497 e. The fraction of sp³-hybridized carbons (Fsp3) is 0.692. The van der Waals surface area contributed by atoms with Gasteiger partial charge in [-0.25, -0.2) is 36.4 Å². The molecule has 0 unspecified atom stereocenters. The number of methoxy groups -OCH3 is 1. The number of halogens is 3. The molecule has 3 saturated carbocycles. The van der Waals surface area contributed by atoms with E-state index in [-0.39, 0.29) is 30.7 Å². The van der Waals surface area contributed by atoms with Gasteiger partial charge in [0.1, 0.15) is 35.2 Å². The van der Waals surface area contributed by atoms with Crippen LogP contribution in [0.25, 0.3) is 11.0 Å². The minimum absolute atomic E-state index is 0.0293. The standard InChI is InChI=1S/C39H51F3N6O9S/c1-20-28-19-48(39(20,42)34(51)46-38(18-23(38)30(40)41)33(50)47-58(53,54)37(5)14-15-37)32(49)29(36(2,3)4)45-35(52)57-27-16-21(27)10-8-7-9-11-25-31(56-28)44-26-17-22(55-6)12-13-24(26)43-25/h12-13,17,20-21,23,27-30H,7-11,14-16,18-19H2,1-6H3,(H,45,52)(H,46,51)(H,47,50)/t20-,21+,23-,27+,28-,29+,38+,39+/m0/s1. The van der Waals surface area contributed by atoms with Gasteiger partial charge in [0.25, 0.3) is 17.6 Å². The fourth-order valence-electron chi connectivity index (χ4n) is 8.03. The van der Waals surface area contributed by atoms with Gasteiger partial charge in [-0.05, 0) is 75.3 Å². The van der Waals surface area contributed by atoms with Crippen LogP contribution in [0.3, 0.4) is 0 Å². The first-order chi connectivity index (χ1) is 27.1. The van der Waals surface area contributed by atoms with Gasteiger partial charge in [0, 0.05) is 6.07 Å². The number of sulfonamides is 1. The van der Waals surface area contributed by atoms with Crippen LogP contribution in [0.1, 0.15) is 91.7 Å². The third kappa shape index (κ3) is 7.62. The van der Waals surface area contributed by atoms with Crippen LogP contribution in [0.4, 0.5) is 18.0 Å². The van der Waals surface area contributed by atoms with Crippen molar-refractivity contribution < 1.29 is 55.0 Å². The first-order valence-electron chi connectivity index (χ1n) is 19.8. The molecule has 5 aliphatic rings. The number of aromatic nitrogens is 2. The largest absolute Gasteiger partial charge is 0.497 e. The Morgan fingerprint density at radius 1 is 1.05 bits per heavy atom. The van der Waals surface area contributed by atoms with Gasteiger partial charge < -0.3 is 24.8 Å². The van der Waals surface area contributed by atoms with Gasteiger partial charge in [-0.3, -0.25) is 24.0 Å². The Balaban J connectivity index is 1.28. The SMILES string of the molecule is COc1ccc2nc3c(nc2c1)O[C@H]1CN(C(=O)[C@H](C(C)(C)C)NC(=O)O[C@@H]2C[C@H]2CCCCC3)[C@@](F)(C(=O)N[C@]2(C(=O)NS(=O)(=O)C3(C)CC3)C[C@H]2C(F)F)[C@H]1C. The van der Waals surface area contributed by atoms with Crippen molar-refractivity contribution in [2.45, 2.75) is 133 Å². The summed E-state index contributed by atoms with van der Waals surface area (Å²) in [5.74, 6) is -10.3. The van der Waals surface area contributed by atoms with Crippen LogP contribution >= 0.6 is 0 Å². The van der Waals surface area contributed by atoms with Gasteiger partial charge in [-0.15, -0.1) is 0 Å². The molecule has 1 saturated heterocycles. The topological polar surface area (TPSA) is 195 Å². The summed E-state index contributed by atoms with van der Waals surface area (Å²) < 4.78 is 90.9. The highest BCUT2D eigenvalue weighted by molar-refractivity contribution is 7.91. The molecular weight excluding hydrogens is 786 g/mol. The summed E-state index contributed by atoms with van der Waals surface area (Å²) in [5, 5.41) is 4.72. The molecule has 15 nitrogen and oxygen atoms in total. The number of aryl methyl sites for hydroxylation is 1. The zero-order chi connectivity index (χ0) is 42.2. The summed E-state index contributed by atoms with van der Waals surface area (Å²) in [6, 6.07) is 3.65. The molecule has 7 rings (SSSR count). The molecule has 318 valence electrons. The maximum Gasteiger partial charge on any atom is 0.408 e. The number of carbonyl (C=O) groups is 4. The number of alkyl halides is 3. The molecule has 2 bridgehead atoms. The molecule has 3 heterocycles. The molecule has 58 heavy (non-hydrogen) atoms. The van der Waals surface area contributed by atoms with Crippen LogP contribution in [-0.2, 0) is 35.6 Å².